The lowest BCUT2D eigenvalue weighted by Crippen LogP contribution is -1.97. The fourth-order valence-electron chi connectivity index (χ4n) is 1.16. The molecule has 78 valence electrons. The predicted octanol–water partition coefficient (Wildman–Crippen LogP) is 2.70. The third-order valence-corrected chi connectivity index (χ3v) is 2.15. The Bertz CT molecular complexity index is 466. The summed E-state index contributed by atoms with van der Waals surface area (Å²) in [5.74, 6) is -1.08. The van der Waals surface area contributed by atoms with Gasteiger partial charge in [-0.15, -0.1) is 10.2 Å². The number of aromatic nitrogens is 2. The van der Waals surface area contributed by atoms with Gasteiger partial charge in [-0.2, -0.15) is 0 Å². The highest BCUT2D eigenvalue weighted by atomic mass is 79.9. The molecule has 0 saturated carbocycles. The van der Waals surface area contributed by atoms with Crippen molar-refractivity contribution in [2.24, 2.45) is 0 Å². The maximum atomic E-state index is 13.2. The molecule has 0 bridgehead atoms. The zero-order chi connectivity index (χ0) is 10.8. The summed E-state index contributed by atoms with van der Waals surface area (Å²) in [5, 5.41) is 7.12. The van der Waals surface area contributed by atoms with Crippen LogP contribution in [0.3, 0.4) is 0 Å². The molecule has 2 rings (SSSR count). The van der Waals surface area contributed by atoms with E-state index in [0.29, 0.717) is 0 Å². The van der Waals surface area contributed by atoms with E-state index in [1.807, 2.05) is 0 Å². The van der Waals surface area contributed by atoms with Crippen LogP contribution in [-0.4, -0.2) is 10.2 Å². The minimum atomic E-state index is -0.621. The number of hydrogen-bond acceptors (Lipinski definition) is 3. The van der Waals surface area contributed by atoms with Crippen molar-refractivity contribution in [3.05, 3.63) is 46.1 Å². The van der Waals surface area contributed by atoms with Gasteiger partial charge in [-0.25, -0.2) is 8.78 Å². The normalized spacial score (nSPS) is 10.6. The second-order valence-corrected chi connectivity index (χ2v) is 3.50. The van der Waals surface area contributed by atoms with Crippen molar-refractivity contribution in [1.82, 2.24) is 10.2 Å². The van der Waals surface area contributed by atoms with Crippen LogP contribution in [0.4, 0.5) is 8.78 Å². The van der Waals surface area contributed by atoms with Gasteiger partial charge >= 0.3 is 0 Å². The van der Waals surface area contributed by atoms with Crippen LogP contribution in [-0.2, 0) is 6.42 Å². The van der Waals surface area contributed by atoms with Crippen molar-refractivity contribution >= 4 is 15.9 Å². The van der Waals surface area contributed by atoms with Gasteiger partial charge in [-0.1, -0.05) is 6.07 Å². The molecule has 1 aromatic heterocycles. The third-order valence-electron chi connectivity index (χ3n) is 1.83. The first-order valence-electron chi connectivity index (χ1n) is 4.07. The van der Waals surface area contributed by atoms with Crippen molar-refractivity contribution in [3.63, 3.8) is 0 Å². The molecule has 2 aromatic rings. The Labute approximate surface area is 92.3 Å². The maximum Gasteiger partial charge on any atom is 0.284 e. The third kappa shape index (κ3) is 2.20. The lowest BCUT2D eigenvalue weighted by atomic mass is 10.1. The number of halogens is 3. The molecule has 0 radical (unpaired) electrons. The van der Waals surface area contributed by atoms with Gasteiger partial charge in [0.1, 0.15) is 11.6 Å². The molecule has 0 unspecified atom stereocenters. The summed E-state index contributed by atoms with van der Waals surface area (Å²) in [6.07, 6.45) is -0.0584. The average Bonchev–Trinajstić information content (AvgIpc) is 2.58. The zero-order valence-electron chi connectivity index (χ0n) is 7.38. The molecule has 6 heteroatoms. The fraction of sp³-hybridized carbons (Fsp3) is 0.111. The molecule has 0 aliphatic heterocycles. The molecule has 1 aromatic carbocycles. The Hall–Kier alpha value is -1.30. The van der Waals surface area contributed by atoms with Crippen molar-refractivity contribution in [2.45, 2.75) is 6.42 Å². The lowest BCUT2D eigenvalue weighted by molar-refractivity contribution is 0.471. The van der Waals surface area contributed by atoms with Crippen molar-refractivity contribution in [3.8, 4) is 0 Å². The summed E-state index contributed by atoms with van der Waals surface area (Å²) in [6, 6.07) is 3.67. The minimum absolute atomic E-state index is 0.0584. The fourth-order valence-corrected chi connectivity index (χ4v) is 1.42. The van der Waals surface area contributed by atoms with E-state index in [9.17, 15) is 8.78 Å². The Morgan fingerprint density at radius 1 is 1.20 bits per heavy atom. The molecule has 15 heavy (non-hydrogen) atoms. The van der Waals surface area contributed by atoms with E-state index >= 15 is 0 Å². The van der Waals surface area contributed by atoms with Gasteiger partial charge < -0.3 is 4.42 Å². The van der Waals surface area contributed by atoms with Crippen LogP contribution in [0.25, 0.3) is 0 Å². The Morgan fingerprint density at radius 2 is 1.87 bits per heavy atom. The van der Waals surface area contributed by atoms with E-state index in [-0.39, 0.29) is 22.7 Å². The van der Waals surface area contributed by atoms with Gasteiger partial charge in [0.15, 0.2) is 0 Å². The Morgan fingerprint density at radius 3 is 2.40 bits per heavy atom. The second kappa shape index (κ2) is 4.06. The molecule has 3 nitrogen and oxygen atoms in total. The molecule has 0 fully saturated rings. The van der Waals surface area contributed by atoms with Gasteiger partial charge in [0.25, 0.3) is 4.80 Å². The molecule has 0 amide bonds. The van der Waals surface area contributed by atoms with Gasteiger partial charge in [-0.05, 0) is 12.1 Å². The summed E-state index contributed by atoms with van der Waals surface area (Å²) in [4.78, 5) is 0.189. The Kier molecular flexibility index (Phi) is 2.77. The van der Waals surface area contributed by atoms with E-state index in [0.717, 1.165) is 0 Å². The SMILES string of the molecule is Fc1cccc(F)c1Cc1nnc(Br)o1. The summed E-state index contributed by atoms with van der Waals surface area (Å²) < 4.78 is 31.4. The zero-order valence-corrected chi connectivity index (χ0v) is 8.96. The van der Waals surface area contributed by atoms with Crippen molar-refractivity contribution in [1.29, 1.82) is 0 Å². The summed E-state index contributed by atoms with van der Waals surface area (Å²) in [6.45, 7) is 0. The van der Waals surface area contributed by atoms with Gasteiger partial charge in [0.05, 0.1) is 6.42 Å². The monoisotopic (exact) mass is 274 g/mol. The molecule has 0 spiro atoms. The molecule has 0 saturated heterocycles. The first-order chi connectivity index (χ1) is 7.16. The summed E-state index contributed by atoms with van der Waals surface area (Å²) in [7, 11) is 0. The highest BCUT2D eigenvalue weighted by molar-refractivity contribution is 9.10. The van der Waals surface area contributed by atoms with Crippen molar-refractivity contribution < 1.29 is 13.2 Å². The molecule has 1 heterocycles. The Balaban J connectivity index is 2.31. The average molecular weight is 275 g/mol. The maximum absolute atomic E-state index is 13.2. The highest BCUT2D eigenvalue weighted by Gasteiger charge is 2.12. The van der Waals surface area contributed by atoms with Gasteiger partial charge in [-0.3, -0.25) is 0 Å². The minimum Gasteiger partial charge on any atom is -0.415 e. The van der Waals surface area contributed by atoms with Crippen LogP contribution >= 0.6 is 15.9 Å². The van der Waals surface area contributed by atoms with Gasteiger partial charge in [0.2, 0.25) is 5.89 Å². The molecule has 0 aliphatic rings. The molecule has 0 aliphatic carbocycles. The summed E-state index contributed by atoms with van der Waals surface area (Å²) >= 11 is 2.95. The van der Waals surface area contributed by atoms with Crippen LogP contribution in [0.5, 0.6) is 0 Å². The van der Waals surface area contributed by atoms with Crippen LogP contribution in [0, 0.1) is 11.6 Å². The van der Waals surface area contributed by atoms with Crippen molar-refractivity contribution in [2.75, 3.05) is 0 Å². The first-order valence-corrected chi connectivity index (χ1v) is 4.87. The molecular weight excluding hydrogens is 270 g/mol. The van der Waals surface area contributed by atoms with Crippen LogP contribution in [0.1, 0.15) is 11.5 Å². The van der Waals surface area contributed by atoms with E-state index in [2.05, 4.69) is 26.1 Å². The largest absolute Gasteiger partial charge is 0.415 e. The standard InChI is InChI=1S/C9H5BrF2N2O/c10-9-14-13-8(15-9)4-5-6(11)2-1-3-7(5)12/h1-3H,4H2. The van der Waals surface area contributed by atoms with E-state index in [1.54, 1.807) is 0 Å². The van der Waals surface area contributed by atoms with Crippen LogP contribution in [0.2, 0.25) is 0 Å². The van der Waals surface area contributed by atoms with E-state index < -0.39 is 11.6 Å². The highest BCUT2D eigenvalue weighted by Crippen LogP contribution is 2.17. The quantitative estimate of drug-likeness (QED) is 0.845. The number of hydrogen-bond donors (Lipinski definition) is 0. The molecule has 0 N–H and O–H groups in total. The molecular formula is C9H5BrF2N2O. The molecule has 0 atom stereocenters. The van der Waals surface area contributed by atoms with E-state index in [4.69, 9.17) is 4.42 Å². The number of benzene rings is 1. The number of rotatable bonds is 2. The van der Waals surface area contributed by atoms with E-state index in [1.165, 1.54) is 18.2 Å². The topological polar surface area (TPSA) is 38.9 Å². The summed E-state index contributed by atoms with van der Waals surface area (Å²) in [5.41, 5.74) is -0.0753. The smallest absolute Gasteiger partial charge is 0.284 e. The second-order valence-electron chi connectivity index (χ2n) is 2.83. The van der Waals surface area contributed by atoms with Crippen LogP contribution in [0.15, 0.2) is 27.4 Å². The predicted molar refractivity (Wildman–Crippen MR) is 51.2 cm³/mol. The van der Waals surface area contributed by atoms with Crippen LogP contribution < -0.4 is 0 Å². The number of nitrogens with zero attached hydrogens (tertiary/aromatic N) is 2. The van der Waals surface area contributed by atoms with Gasteiger partial charge in [0, 0.05) is 21.5 Å². The lowest BCUT2D eigenvalue weighted by Gasteiger charge is -2.00. The first kappa shape index (κ1) is 10.2.